The van der Waals surface area contributed by atoms with Crippen LogP contribution < -0.4 is 10.6 Å². The molecule has 0 saturated carbocycles. The van der Waals surface area contributed by atoms with Crippen LogP contribution in [-0.4, -0.2) is 59.5 Å². The van der Waals surface area contributed by atoms with Gasteiger partial charge in [-0.05, 0) is 0 Å². The van der Waals surface area contributed by atoms with Crippen LogP contribution >= 0.6 is 0 Å². The Hall–Kier alpha value is -1.78. The van der Waals surface area contributed by atoms with Gasteiger partial charge in [-0.25, -0.2) is 0 Å². The fourth-order valence-corrected chi connectivity index (χ4v) is 2.01. The van der Waals surface area contributed by atoms with Crippen LogP contribution in [0.3, 0.4) is 0 Å². The number of nitrogen functional groups attached to an aromatic ring is 1. The molecule has 1 saturated heterocycles. The molecule has 0 aromatic carbocycles. The van der Waals surface area contributed by atoms with Crippen molar-refractivity contribution < 1.29 is 5.11 Å². The molecule has 7 nitrogen and oxygen atoms in total. The maximum atomic E-state index is 8.99. The number of aromatic amines is 1. The van der Waals surface area contributed by atoms with Gasteiger partial charge in [-0.2, -0.15) is 10.4 Å². The molecule has 0 bridgehead atoms. The molecule has 1 aromatic heterocycles. The highest BCUT2D eigenvalue weighted by Crippen LogP contribution is 2.22. The van der Waals surface area contributed by atoms with E-state index in [0.717, 1.165) is 26.2 Å². The summed E-state index contributed by atoms with van der Waals surface area (Å²) in [7, 11) is 0. The average molecular weight is 236 g/mol. The van der Waals surface area contributed by atoms with E-state index in [9.17, 15) is 0 Å². The minimum absolute atomic E-state index is 0.179. The molecule has 0 unspecified atom stereocenters. The van der Waals surface area contributed by atoms with E-state index < -0.39 is 0 Å². The van der Waals surface area contributed by atoms with Crippen LogP contribution in [0.1, 0.15) is 5.56 Å². The number of anilines is 2. The van der Waals surface area contributed by atoms with Gasteiger partial charge in [0.05, 0.1) is 6.61 Å². The maximum Gasteiger partial charge on any atom is 0.170 e. The Bertz CT molecular complexity index is 415. The third-order valence-electron chi connectivity index (χ3n) is 2.98. The van der Waals surface area contributed by atoms with Gasteiger partial charge in [0.2, 0.25) is 0 Å². The zero-order chi connectivity index (χ0) is 12.3. The Morgan fingerprint density at radius 1 is 1.41 bits per heavy atom. The van der Waals surface area contributed by atoms with Gasteiger partial charge in [0, 0.05) is 32.7 Å². The standard InChI is InChI=1S/C10H16N6O/c11-7-8-9(12)13-14-10(8)16-3-1-15(2-4-16)5-6-17/h17H,1-6H2,(H3,12,13,14). The van der Waals surface area contributed by atoms with E-state index in [-0.39, 0.29) is 6.61 Å². The number of aromatic nitrogens is 2. The zero-order valence-corrected chi connectivity index (χ0v) is 9.56. The lowest BCUT2D eigenvalue weighted by atomic mass is 10.2. The first-order valence-corrected chi connectivity index (χ1v) is 5.58. The summed E-state index contributed by atoms with van der Waals surface area (Å²) in [6.45, 7) is 4.18. The van der Waals surface area contributed by atoms with Crippen LogP contribution in [-0.2, 0) is 0 Å². The number of nitrogens with zero attached hydrogens (tertiary/aromatic N) is 4. The molecule has 1 fully saturated rings. The Kier molecular flexibility index (Phi) is 3.46. The van der Waals surface area contributed by atoms with Gasteiger partial charge in [-0.3, -0.25) is 10.00 Å². The number of hydrogen-bond donors (Lipinski definition) is 3. The van der Waals surface area contributed by atoms with Crippen LogP contribution in [0.25, 0.3) is 0 Å². The largest absolute Gasteiger partial charge is 0.395 e. The molecule has 92 valence electrons. The number of nitrogens with two attached hydrogens (primary N) is 1. The van der Waals surface area contributed by atoms with Gasteiger partial charge in [0.15, 0.2) is 5.82 Å². The van der Waals surface area contributed by atoms with Crippen LogP contribution in [0.15, 0.2) is 0 Å². The fraction of sp³-hybridized carbons (Fsp3) is 0.600. The first-order valence-electron chi connectivity index (χ1n) is 5.58. The summed E-state index contributed by atoms with van der Waals surface area (Å²) in [5, 5.41) is 24.5. The lowest BCUT2D eigenvalue weighted by Crippen LogP contribution is -2.47. The Morgan fingerprint density at radius 3 is 2.71 bits per heavy atom. The third-order valence-corrected chi connectivity index (χ3v) is 2.98. The number of nitriles is 1. The molecule has 1 aromatic rings. The Morgan fingerprint density at radius 2 is 2.12 bits per heavy atom. The highest BCUT2D eigenvalue weighted by Gasteiger charge is 2.22. The maximum absolute atomic E-state index is 8.99. The molecule has 2 heterocycles. The molecule has 2 rings (SSSR count). The van der Waals surface area contributed by atoms with E-state index in [1.54, 1.807) is 0 Å². The summed E-state index contributed by atoms with van der Waals surface area (Å²) in [5.41, 5.74) is 6.04. The molecule has 1 aliphatic heterocycles. The highest BCUT2D eigenvalue weighted by molar-refractivity contribution is 5.64. The van der Waals surface area contributed by atoms with E-state index in [4.69, 9.17) is 16.1 Å². The fourth-order valence-electron chi connectivity index (χ4n) is 2.01. The third kappa shape index (κ3) is 2.33. The number of rotatable bonds is 3. The van der Waals surface area contributed by atoms with Gasteiger partial charge in [-0.1, -0.05) is 0 Å². The minimum Gasteiger partial charge on any atom is -0.395 e. The van der Waals surface area contributed by atoms with Crippen molar-refractivity contribution in [2.75, 3.05) is 50.0 Å². The SMILES string of the molecule is N#Cc1c(N2CCN(CCO)CC2)n[nH]c1N. The summed E-state index contributed by atoms with van der Waals surface area (Å²) < 4.78 is 0. The summed E-state index contributed by atoms with van der Waals surface area (Å²) in [6.07, 6.45) is 0. The second kappa shape index (κ2) is 5.03. The van der Waals surface area contributed by atoms with Gasteiger partial charge in [0.1, 0.15) is 17.5 Å². The predicted molar refractivity (Wildman–Crippen MR) is 63.5 cm³/mol. The van der Waals surface area contributed by atoms with Crippen molar-refractivity contribution >= 4 is 11.6 Å². The summed E-state index contributed by atoms with van der Waals surface area (Å²) in [6, 6.07) is 2.06. The smallest absolute Gasteiger partial charge is 0.170 e. The normalized spacial score (nSPS) is 17.1. The number of piperazine rings is 1. The van der Waals surface area contributed by atoms with Crippen molar-refractivity contribution in [2.24, 2.45) is 0 Å². The second-order valence-corrected chi connectivity index (χ2v) is 4.00. The number of hydrogen-bond acceptors (Lipinski definition) is 6. The Labute approximate surface area is 99.4 Å². The predicted octanol–water partition coefficient (Wildman–Crippen LogP) is -1.02. The number of H-pyrrole nitrogens is 1. The monoisotopic (exact) mass is 236 g/mol. The first kappa shape index (κ1) is 11.7. The molecular weight excluding hydrogens is 220 g/mol. The van der Waals surface area contributed by atoms with Crippen molar-refractivity contribution in [1.29, 1.82) is 5.26 Å². The zero-order valence-electron chi connectivity index (χ0n) is 9.56. The highest BCUT2D eigenvalue weighted by atomic mass is 16.3. The van der Waals surface area contributed by atoms with Gasteiger partial charge < -0.3 is 15.7 Å². The summed E-state index contributed by atoms with van der Waals surface area (Å²) in [4.78, 5) is 4.22. The van der Waals surface area contributed by atoms with Gasteiger partial charge in [0.25, 0.3) is 0 Å². The first-order chi connectivity index (χ1) is 8.26. The molecule has 0 radical (unpaired) electrons. The molecule has 0 aliphatic carbocycles. The summed E-state index contributed by atoms with van der Waals surface area (Å²) >= 11 is 0. The lowest BCUT2D eigenvalue weighted by molar-refractivity contribution is 0.188. The molecular formula is C10H16N6O. The molecule has 17 heavy (non-hydrogen) atoms. The van der Waals surface area contributed by atoms with Gasteiger partial charge in [-0.15, -0.1) is 0 Å². The number of aliphatic hydroxyl groups is 1. The van der Waals surface area contributed by atoms with Crippen LogP contribution in [0.4, 0.5) is 11.6 Å². The minimum atomic E-state index is 0.179. The molecule has 1 aliphatic rings. The van der Waals surface area contributed by atoms with Crippen molar-refractivity contribution in [3.8, 4) is 6.07 Å². The molecule has 7 heteroatoms. The molecule has 0 atom stereocenters. The number of nitrogens with one attached hydrogen (secondary N) is 1. The average Bonchev–Trinajstić information content (AvgIpc) is 2.72. The van der Waals surface area contributed by atoms with Gasteiger partial charge >= 0.3 is 0 Å². The summed E-state index contributed by atoms with van der Waals surface area (Å²) in [5.74, 6) is 0.953. The van der Waals surface area contributed by atoms with E-state index in [1.165, 1.54) is 0 Å². The van der Waals surface area contributed by atoms with E-state index in [1.807, 2.05) is 4.90 Å². The lowest BCUT2D eigenvalue weighted by Gasteiger charge is -2.34. The Balaban J connectivity index is 2.03. The van der Waals surface area contributed by atoms with E-state index in [0.29, 0.717) is 23.7 Å². The van der Waals surface area contributed by atoms with Crippen LogP contribution in [0.5, 0.6) is 0 Å². The molecule has 4 N–H and O–H groups in total. The second-order valence-electron chi connectivity index (χ2n) is 4.00. The molecule has 0 amide bonds. The number of β-amino-alcohol motifs (C(OH)–C–C–N with tert-alkyl or cyclic N) is 1. The van der Waals surface area contributed by atoms with Crippen LogP contribution in [0.2, 0.25) is 0 Å². The van der Waals surface area contributed by atoms with Crippen molar-refractivity contribution in [3.05, 3.63) is 5.56 Å². The van der Waals surface area contributed by atoms with Crippen molar-refractivity contribution in [2.45, 2.75) is 0 Å². The quantitative estimate of drug-likeness (QED) is 0.620. The number of aliphatic hydroxyl groups excluding tert-OH is 1. The van der Waals surface area contributed by atoms with Crippen molar-refractivity contribution in [3.63, 3.8) is 0 Å². The van der Waals surface area contributed by atoms with Crippen LogP contribution in [0, 0.1) is 11.3 Å². The van der Waals surface area contributed by atoms with E-state index >= 15 is 0 Å². The van der Waals surface area contributed by atoms with Crippen molar-refractivity contribution in [1.82, 2.24) is 15.1 Å². The van der Waals surface area contributed by atoms with E-state index in [2.05, 4.69) is 21.2 Å². The topological polar surface area (TPSA) is 105 Å². The molecule has 0 spiro atoms.